The van der Waals surface area contributed by atoms with Crippen molar-refractivity contribution in [1.29, 1.82) is 0 Å². The summed E-state index contributed by atoms with van der Waals surface area (Å²) in [7, 11) is 0. The normalized spacial score (nSPS) is 17.0. The molecule has 0 radical (unpaired) electrons. The van der Waals surface area contributed by atoms with E-state index in [2.05, 4.69) is 9.97 Å². The van der Waals surface area contributed by atoms with Crippen LogP contribution >= 0.6 is 0 Å². The van der Waals surface area contributed by atoms with Crippen molar-refractivity contribution >= 4 is 5.91 Å². The van der Waals surface area contributed by atoms with Crippen LogP contribution < -0.4 is 5.73 Å². The number of nitrogens with two attached hydrogens (primary N) is 1. The molecular weight excluding hydrogens is 264 g/mol. The average Bonchev–Trinajstić information content (AvgIpc) is 2.82. The second-order valence-electron chi connectivity index (χ2n) is 4.74. The minimum absolute atomic E-state index is 0.206. The molecule has 2 N–H and O–H groups in total. The Morgan fingerprint density at radius 3 is 2.60 bits per heavy atom. The number of hydrogen-bond acceptors (Lipinski definition) is 3. The van der Waals surface area contributed by atoms with Crippen molar-refractivity contribution in [3.05, 3.63) is 58.7 Å². The van der Waals surface area contributed by atoms with Crippen LogP contribution in [-0.2, 0) is 6.42 Å². The van der Waals surface area contributed by atoms with Crippen LogP contribution in [0.3, 0.4) is 0 Å². The number of hydrogen-bond donors (Lipinski definition) is 1. The monoisotopic (exact) mass is 275 g/mol. The Labute approximate surface area is 113 Å². The first kappa shape index (κ1) is 12.7. The van der Waals surface area contributed by atoms with Gasteiger partial charge in [0.1, 0.15) is 17.5 Å². The van der Waals surface area contributed by atoms with E-state index in [4.69, 9.17) is 5.73 Å². The molecule has 0 unspecified atom stereocenters. The van der Waals surface area contributed by atoms with Crippen LogP contribution in [0.5, 0.6) is 0 Å². The molecule has 6 heteroatoms. The lowest BCUT2D eigenvalue weighted by Gasteiger charge is -2.10. The van der Waals surface area contributed by atoms with Crippen molar-refractivity contribution in [2.24, 2.45) is 5.73 Å². The number of aromatic nitrogens is 2. The zero-order valence-electron chi connectivity index (χ0n) is 10.4. The summed E-state index contributed by atoms with van der Waals surface area (Å²) in [6.07, 6.45) is 3.80. The van der Waals surface area contributed by atoms with Gasteiger partial charge in [-0.1, -0.05) is 0 Å². The van der Waals surface area contributed by atoms with Gasteiger partial charge in [-0.15, -0.1) is 0 Å². The molecule has 1 atom stereocenters. The van der Waals surface area contributed by atoms with Gasteiger partial charge in [0.25, 0.3) is 5.91 Å². The maximum absolute atomic E-state index is 13.7. The number of halogens is 2. The van der Waals surface area contributed by atoms with Crippen molar-refractivity contribution in [2.45, 2.75) is 18.8 Å². The Morgan fingerprint density at radius 1 is 1.25 bits per heavy atom. The summed E-state index contributed by atoms with van der Waals surface area (Å²) >= 11 is 0. The maximum Gasteiger partial charge on any atom is 0.251 e. The fourth-order valence-electron chi connectivity index (χ4n) is 2.56. The number of carbonyl (C=O) groups excluding carboxylic acids is 1. The second-order valence-corrected chi connectivity index (χ2v) is 4.74. The van der Waals surface area contributed by atoms with Gasteiger partial charge in [0.15, 0.2) is 0 Å². The molecule has 4 nitrogen and oxygen atoms in total. The molecule has 102 valence electrons. The predicted octanol–water partition coefficient (Wildman–Crippen LogP) is 1.93. The highest BCUT2D eigenvalue weighted by Gasteiger charge is 2.29. The van der Waals surface area contributed by atoms with Gasteiger partial charge in [-0.3, -0.25) is 4.79 Å². The molecule has 0 aliphatic heterocycles. The molecule has 0 saturated heterocycles. The first-order chi connectivity index (χ1) is 9.56. The lowest BCUT2D eigenvalue weighted by atomic mass is 10.00. The van der Waals surface area contributed by atoms with Crippen molar-refractivity contribution in [3.63, 3.8) is 0 Å². The maximum atomic E-state index is 13.7. The fraction of sp³-hybridized carbons (Fsp3) is 0.214. The standard InChI is InChI=1S/C14H11F2N3O/c15-8-3-11-9(12(16)4-8)1-2-10(11)14-18-5-7(6-19-14)13(17)20/h3-6,10H,1-2H2,(H2,17,20)/t10-/m1/s1. The topological polar surface area (TPSA) is 68.9 Å². The zero-order valence-corrected chi connectivity index (χ0v) is 10.4. The Kier molecular flexibility index (Phi) is 2.93. The number of fused-ring (bicyclic) bond motifs is 1. The Morgan fingerprint density at radius 2 is 1.95 bits per heavy atom. The molecule has 1 aliphatic rings. The number of carbonyl (C=O) groups is 1. The molecule has 3 rings (SSSR count). The molecule has 0 saturated carbocycles. The zero-order chi connectivity index (χ0) is 14.3. The van der Waals surface area contributed by atoms with Gasteiger partial charge in [-0.25, -0.2) is 18.7 Å². The van der Waals surface area contributed by atoms with E-state index >= 15 is 0 Å². The first-order valence-corrected chi connectivity index (χ1v) is 6.16. The molecule has 1 heterocycles. The Balaban J connectivity index is 2.00. The number of primary amides is 1. The van der Waals surface area contributed by atoms with E-state index in [1.165, 1.54) is 18.5 Å². The SMILES string of the molecule is NC(=O)c1cnc([C@@H]2CCc3c(F)cc(F)cc32)nc1. The minimum Gasteiger partial charge on any atom is -0.366 e. The van der Waals surface area contributed by atoms with E-state index < -0.39 is 17.5 Å². The van der Waals surface area contributed by atoms with Gasteiger partial charge in [-0.05, 0) is 30.0 Å². The van der Waals surface area contributed by atoms with Gasteiger partial charge >= 0.3 is 0 Å². The Bertz CT molecular complexity index is 686. The third-order valence-electron chi connectivity index (χ3n) is 3.52. The molecule has 0 spiro atoms. The lowest BCUT2D eigenvalue weighted by molar-refractivity contribution is 0.0999. The second kappa shape index (κ2) is 4.63. The van der Waals surface area contributed by atoms with Crippen LogP contribution in [0.15, 0.2) is 24.5 Å². The Hall–Kier alpha value is -2.37. The summed E-state index contributed by atoms with van der Waals surface area (Å²) in [5, 5.41) is 0. The molecule has 1 aromatic carbocycles. The lowest BCUT2D eigenvalue weighted by Crippen LogP contribution is -2.13. The van der Waals surface area contributed by atoms with E-state index in [0.29, 0.717) is 29.8 Å². The fourth-order valence-corrected chi connectivity index (χ4v) is 2.56. The van der Waals surface area contributed by atoms with Crippen LogP contribution in [0.4, 0.5) is 8.78 Å². The molecule has 1 aliphatic carbocycles. The summed E-state index contributed by atoms with van der Waals surface area (Å²) < 4.78 is 27.0. The number of amides is 1. The summed E-state index contributed by atoms with van der Waals surface area (Å²) in [5.41, 5.74) is 6.41. The molecule has 1 amide bonds. The van der Waals surface area contributed by atoms with Gasteiger partial charge in [0.2, 0.25) is 0 Å². The van der Waals surface area contributed by atoms with Gasteiger partial charge in [-0.2, -0.15) is 0 Å². The summed E-state index contributed by atoms with van der Waals surface area (Å²) in [6, 6.07) is 2.21. The molecule has 20 heavy (non-hydrogen) atoms. The summed E-state index contributed by atoms with van der Waals surface area (Å²) in [4.78, 5) is 19.1. The van der Waals surface area contributed by atoms with Crippen LogP contribution in [0, 0.1) is 11.6 Å². The average molecular weight is 275 g/mol. The third kappa shape index (κ3) is 2.03. The molecule has 2 aromatic rings. The largest absolute Gasteiger partial charge is 0.366 e. The smallest absolute Gasteiger partial charge is 0.251 e. The summed E-state index contributed by atoms with van der Waals surface area (Å²) in [6.45, 7) is 0. The van der Waals surface area contributed by atoms with Crippen LogP contribution in [0.25, 0.3) is 0 Å². The molecular formula is C14H11F2N3O. The van der Waals surface area contributed by atoms with Crippen molar-refractivity contribution in [3.8, 4) is 0 Å². The molecule has 0 bridgehead atoms. The van der Waals surface area contributed by atoms with E-state index in [-0.39, 0.29) is 11.5 Å². The van der Waals surface area contributed by atoms with Crippen molar-refractivity contribution < 1.29 is 13.6 Å². The van der Waals surface area contributed by atoms with Gasteiger partial charge in [0, 0.05) is 24.4 Å². The highest BCUT2D eigenvalue weighted by Crippen LogP contribution is 2.38. The number of benzene rings is 1. The van der Waals surface area contributed by atoms with Gasteiger partial charge < -0.3 is 5.73 Å². The molecule has 1 aromatic heterocycles. The van der Waals surface area contributed by atoms with Crippen LogP contribution in [0.2, 0.25) is 0 Å². The molecule has 0 fully saturated rings. The predicted molar refractivity (Wildman–Crippen MR) is 67.1 cm³/mol. The van der Waals surface area contributed by atoms with Crippen molar-refractivity contribution in [1.82, 2.24) is 9.97 Å². The highest BCUT2D eigenvalue weighted by atomic mass is 19.1. The van der Waals surface area contributed by atoms with E-state index in [1.807, 2.05) is 0 Å². The van der Waals surface area contributed by atoms with Crippen LogP contribution in [-0.4, -0.2) is 15.9 Å². The highest BCUT2D eigenvalue weighted by molar-refractivity contribution is 5.92. The first-order valence-electron chi connectivity index (χ1n) is 6.16. The quantitative estimate of drug-likeness (QED) is 0.910. The van der Waals surface area contributed by atoms with E-state index in [0.717, 1.165) is 6.07 Å². The van der Waals surface area contributed by atoms with E-state index in [9.17, 15) is 13.6 Å². The van der Waals surface area contributed by atoms with Crippen LogP contribution in [0.1, 0.15) is 39.6 Å². The number of rotatable bonds is 2. The van der Waals surface area contributed by atoms with Gasteiger partial charge in [0.05, 0.1) is 5.56 Å². The summed E-state index contributed by atoms with van der Waals surface area (Å²) in [5.74, 6) is -1.56. The van der Waals surface area contributed by atoms with Crippen molar-refractivity contribution in [2.75, 3.05) is 0 Å². The third-order valence-corrected chi connectivity index (χ3v) is 3.52. The number of nitrogens with zero attached hydrogens (tertiary/aromatic N) is 2. The minimum atomic E-state index is -0.611. The van der Waals surface area contributed by atoms with E-state index in [1.54, 1.807) is 0 Å².